The zero-order valence-corrected chi connectivity index (χ0v) is 14.1. The second-order valence-corrected chi connectivity index (χ2v) is 6.34. The number of nitrogens with zero attached hydrogens (tertiary/aromatic N) is 1. The topological polar surface area (TPSA) is 69.6 Å². The van der Waals surface area contributed by atoms with Crippen LogP contribution in [-0.4, -0.2) is 35.4 Å². The van der Waals surface area contributed by atoms with Crippen LogP contribution in [-0.2, 0) is 9.59 Å². The lowest BCUT2D eigenvalue weighted by Crippen LogP contribution is -2.36. The van der Waals surface area contributed by atoms with Gasteiger partial charge in [0.05, 0.1) is 18.1 Å². The highest BCUT2D eigenvalue weighted by Crippen LogP contribution is 2.37. The molecule has 1 aliphatic heterocycles. The molecule has 3 rings (SSSR count). The monoisotopic (exact) mass is 338 g/mol. The Hall–Kier alpha value is -2.66. The molecule has 0 radical (unpaired) electrons. The molecule has 130 valence electrons. The molecule has 5 nitrogen and oxygen atoms in total. The molecule has 5 heteroatoms. The van der Waals surface area contributed by atoms with Crippen molar-refractivity contribution in [3.05, 3.63) is 71.8 Å². The van der Waals surface area contributed by atoms with Gasteiger partial charge in [0.15, 0.2) is 0 Å². The predicted octanol–water partition coefficient (Wildman–Crippen LogP) is 2.06. The molecule has 1 fully saturated rings. The van der Waals surface area contributed by atoms with Crippen LogP contribution >= 0.6 is 0 Å². The second kappa shape index (κ2) is 7.49. The van der Waals surface area contributed by atoms with Crippen molar-refractivity contribution in [3.8, 4) is 0 Å². The van der Waals surface area contributed by atoms with E-state index in [2.05, 4.69) is 5.32 Å². The Bertz CT molecular complexity index is 733. The van der Waals surface area contributed by atoms with Crippen molar-refractivity contribution >= 4 is 11.8 Å². The molecular weight excluding hydrogens is 316 g/mol. The summed E-state index contributed by atoms with van der Waals surface area (Å²) < 4.78 is 0. The van der Waals surface area contributed by atoms with Crippen LogP contribution < -0.4 is 5.32 Å². The van der Waals surface area contributed by atoms with Gasteiger partial charge in [0.25, 0.3) is 0 Å². The summed E-state index contributed by atoms with van der Waals surface area (Å²) in [4.78, 5) is 26.4. The number of nitrogens with one attached hydrogen (secondary N) is 1. The smallest absolute Gasteiger partial charge is 0.226 e. The third-order valence-electron chi connectivity index (χ3n) is 4.72. The van der Waals surface area contributed by atoms with Crippen molar-refractivity contribution in [2.45, 2.75) is 18.6 Å². The number of amides is 2. The van der Waals surface area contributed by atoms with Crippen molar-refractivity contribution < 1.29 is 14.7 Å². The van der Waals surface area contributed by atoms with Crippen LogP contribution in [0.3, 0.4) is 0 Å². The first-order valence-corrected chi connectivity index (χ1v) is 8.39. The lowest BCUT2D eigenvalue weighted by molar-refractivity contribution is -0.128. The number of benzene rings is 2. The normalized spacial score (nSPS) is 21.2. The molecule has 2 aromatic rings. The van der Waals surface area contributed by atoms with E-state index in [0.29, 0.717) is 0 Å². The highest BCUT2D eigenvalue weighted by atomic mass is 16.3. The molecule has 0 bridgehead atoms. The fourth-order valence-electron chi connectivity index (χ4n) is 3.33. The largest absolute Gasteiger partial charge is 0.387 e. The van der Waals surface area contributed by atoms with Crippen LogP contribution in [0.2, 0.25) is 0 Å². The predicted molar refractivity (Wildman–Crippen MR) is 94.5 cm³/mol. The highest BCUT2D eigenvalue weighted by Gasteiger charge is 2.42. The summed E-state index contributed by atoms with van der Waals surface area (Å²) in [5.41, 5.74) is 1.70. The summed E-state index contributed by atoms with van der Waals surface area (Å²) in [7, 11) is 1.73. The molecule has 0 saturated carbocycles. The molecule has 0 aliphatic carbocycles. The van der Waals surface area contributed by atoms with Crippen LogP contribution in [0, 0.1) is 5.92 Å². The first-order valence-electron chi connectivity index (χ1n) is 8.39. The van der Waals surface area contributed by atoms with Gasteiger partial charge in [-0.05, 0) is 11.1 Å². The number of aliphatic hydroxyl groups is 1. The quantitative estimate of drug-likeness (QED) is 0.877. The summed E-state index contributed by atoms with van der Waals surface area (Å²) in [5.74, 6) is -0.706. The third kappa shape index (κ3) is 3.72. The van der Waals surface area contributed by atoms with Gasteiger partial charge < -0.3 is 15.3 Å². The van der Waals surface area contributed by atoms with E-state index in [0.717, 1.165) is 11.1 Å². The lowest BCUT2D eigenvalue weighted by atomic mass is 9.93. The van der Waals surface area contributed by atoms with Crippen LogP contribution in [0.4, 0.5) is 0 Å². The SMILES string of the molecule is CN1C(=O)C[C@H](C(=O)NC[C@@H](O)c2ccccc2)[C@@H]1c1ccccc1. The van der Waals surface area contributed by atoms with Crippen molar-refractivity contribution in [2.75, 3.05) is 13.6 Å². The maximum atomic E-state index is 12.7. The van der Waals surface area contributed by atoms with E-state index in [4.69, 9.17) is 0 Å². The molecule has 1 saturated heterocycles. The van der Waals surface area contributed by atoms with E-state index in [-0.39, 0.29) is 30.8 Å². The molecule has 0 spiro atoms. The van der Waals surface area contributed by atoms with Gasteiger partial charge in [-0.3, -0.25) is 9.59 Å². The molecule has 0 aromatic heterocycles. The van der Waals surface area contributed by atoms with Crippen LogP contribution in [0.5, 0.6) is 0 Å². The first-order chi connectivity index (χ1) is 12.1. The van der Waals surface area contributed by atoms with Gasteiger partial charge in [0.1, 0.15) is 0 Å². The van der Waals surface area contributed by atoms with E-state index >= 15 is 0 Å². The minimum atomic E-state index is -0.768. The molecule has 25 heavy (non-hydrogen) atoms. The second-order valence-electron chi connectivity index (χ2n) is 6.34. The van der Waals surface area contributed by atoms with Crippen LogP contribution in [0.15, 0.2) is 60.7 Å². The standard InChI is InChI=1S/C20H22N2O3/c1-22-18(24)12-16(19(22)15-10-6-3-7-11-15)20(25)21-13-17(23)14-8-4-2-5-9-14/h2-11,16-17,19,23H,12-13H2,1H3,(H,21,25)/t16-,17+,19-/m0/s1. The Kier molecular flexibility index (Phi) is 5.14. The number of carbonyl (C=O) groups excluding carboxylic acids is 2. The summed E-state index contributed by atoms with van der Waals surface area (Å²) >= 11 is 0. The number of aliphatic hydroxyl groups excluding tert-OH is 1. The highest BCUT2D eigenvalue weighted by molar-refractivity contribution is 5.90. The average Bonchev–Trinajstić information content (AvgIpc) is 2.96. The van der Waals surface area contributed by atoms with Crippen molar-refractivity contribution in [2.24, 2.45) is 5.92 Å². The Morgan fingerprint density at radius 2 is 1.76 bits per heavy atom. The number of likely N-dealkylation sites (tertiary alicyclic amines) is 1. The van der Waals surface area contributed by atoms with E-state index in [1.807, 2.05) is 60.7 Å². The Labute approximate surface area is 147 Å². The Balaban J connectivity index is 1.69. The van der Waals surface area contributed by atoms with Crippen molar-refractivity contribution in [1.82, 2.24) is 10.2 Å². The first kappa shape index (κ1) is 17.2. The molecule has 0 unspecified atom stereocenters. The maximum absolute atomic E-state index is 12.7. The maximum Gasteiger partial charge on any atom is 0.226 e. The van der Waals surface area contributed by atoms with Gasteiger partial charge in [0, 0.05) is 20.0 Å². The summed E-state index contributed by atoms with van der Waals surface area (Å²) in [6.07, 6.45) is -0.585. The summed E-state index contributed by atoms with van der Waals surface area (Å²) in [6.45, 7) is 0.124. The summed E-state index contributed by atoms with van der Waals surface area (Å²) in [5, 5.41) is 13.0. The van der Waals surface area contributed by atoms with Gasteiger partial charge >= 0.3 is 0 Å². The zero-order valence-electron chi connectivity index (χ0n) is 14.1. The zero-order chi connectivity index (χ0) is 17.8. The Morgan fingerprint density at radius 1 is 1.16 bits per heavy atom. The minimum absolute atomic E-state index is 0.0439. The van der Waals surface area contributed by atoms with Gasteiger partial charge in [-0.25, -0.2) is 0 Å². The van der Waals surface area contributed by atoms with Gasteiger partial charge in [-0.1, -0.05) is 60.7 Å². The fourth-order valence-corrected chi connectivity index (χ4v) is 3.33. The van der Waals surface area contributed by atoms with Crippen LogP contribution in [0.1, 0.15) is 29.7 Å². The summed E-state index contributed by atoms with van der Waals surface area (Å²) in [6, 6.07) is 18.5. The molecule has 2 aromatic carbocycles. The minimum Gasteiger partial charge on any atom is -0.387 e. The number of hydrogen-bond acceptors (Lipinski definition) is 3. The van der Waals surface area contributed by atoms with Gasteiger partial charge in [-0.15, -0.1) is 0 Å². The number of rotatable bonds is 5. The molecule has 2 N–H and O–H groups in total. The van der Waals surface area contributed by atoms with Gasteiger partial charge in [0.2, 0.25) is 11.8 Å². The van der Waals surface area contributed by atoms with Crippen molar-refractivity contribution in [1.29, 1.82) is 0 Å². The van der Waals surface area contributed by atoms with Gasteiger partial charge in [-0.2, -0.15) is 0 Å². The average molecular weight is 338 g/mol. The molecule has 3 atom stereocenters. The van der Waals surface area contributed by atoms with Crippen molar-refractivity contribution in [3.63, 3.8) is 0 Å². The van der Waals surface area contributed by atoms with E-state index in [1.54, 1.807) is 11.9 Å². The molecule has 1 aliphatic rings. The molecule has 2 amide bonds. The van der Waals surface area contributed by atoms with E-state index in [9.17, 15) is 14.7 Å². The van der Waals surface area contributed by atoms with E-state index < -0.39 is 12.0 Å². The molecule has 1 heterocycles. The number of carbonyl (C=O) groups is 2. The Morgan fingerprint density at radius 3 is 2.40 bits per heavy atom. The fraction of sp³-hybridized carbons (Fsp3) is 0.300. The number of hydrogen-bond donors (Lipinski definition) is 2. The third-order valence-corrected chi connectivity index (χ3v) is 4.72. The van der Waals surface area contributed by atoms with Crippen LogP contribution in [0.25, 0.3) is 0 Å². The molecular formula is C20H22N2O3. The lowest BCUT2D eigenvalue weighted by Gasteiger charge is -2.25. The van der Waals surface area contributed by atoms with E-state index in [1.165, 1.54) is 0 Å².